The molecular weight excluding hydrogens is 204 g/mol. The molecule has 0 radical (unpaired) electrons. The second-order valence-corrected chi connectivity index (χ2v) is 4.90. The van der Waals surface area contributed by atoms with Crippen molar-refractivity contribution in [3.63, 3.8) is 0 Å². The number of benzene rings is 1. The average Bonchev–Trinajstić information content (AvgIpc) is 2.25. The Morgan fingerprint density at radius 1 is 1.40 bits per heavy atom. The zero-order valence-electron chi connectivity index (χ0n) is 9.62. The van der Waals surface area contributed by atoms with Gasteiger partial charge in [0.1, 0.15) is 0 Å². The lowest BCUT2D eigenvalue weighted by Crippen LogP contribution is -1.96. The van der Waals surface area contributed by atoms with Gasteiger partial charge in [0.2, 0.25) is 5.12 Å². The smallest absolute Gasteiger partial charge is 0.219 e. The van der Waals surface area contributed by atoms with Crippen molar-refractivity contribution in [3.8, 4) is 0 Å². The second-order valence-electron chi connectivity index (χ2n) is 4.12. The minimum Gasteiger partial charge on any atom is -0.282 e. The lowest BCUT2D eigenvalue weighted by atomic mass is 10.0. The van der Waals surface area contributed by atoms with E-state index in [0.29, 0.717) is 5.92 Å². The van der Waals surface area contributed by atoms with Crippen LogP contribution < -0.4 is 0 Å². The molecule has 1 rings (SSSR count). The van der Waals surface area contributed by atoms with Gasteiger partial charge < -0.3 is 0 Å². The van der Waals surface area contributed by atoms with Crippen LogP contribution in [0.2, 0.25) is 0 Å². The first-order valence-electron chi connectivity index (χ1n) is 5.30. The first-order chi connectivity index (χ1) is 7.13. The van der Waals surface area contributed by atoms with E-state index in [2.05, 4.69) is 19.9 Å². The van der Waals surface area contributed by atoms with Crippen LogP contribution in [0.3, 0.4) is 0 Å². The molecule has 1 aromatic rings. The summed E-state index contributed by atoms with van der Waals surface area (Å²) in [5.74, 6) is 0.713. The Morgan fingerprint density at radius 2 is 2.13 bits per heavy atom. The largest absolute Gasteiger partial charge is 0.282 e. The maximum Gasteiger partial charge on any atom is 0.219 e. The topological polar surface area (TPSA) is 17.1 Å². The molecule has 0 amide bonds. The molecule has 0 aromatic heterocycles. The first kappa shape index (κ1) is 12.3. The van der Waals surface area contributed by atoms with Crippen molar-refractivity contribution < 1.29 is 4.79 Å². The van der Waals surface area contributed by atoms with Crippen LogP contribution in [-0.2, 0) is 6.42 Å². The summed E-state index contributed by atoms with van der Waals surface area (Å²) < 4.78 is 0. The minimum absolute atomic E-state index is 0.154. The van der Waals surface area contributed by atoms with E-state index in [-0.39, 0.29) is 5.12 Å². The summed E-state index contributed by atoms with van der Waals surface area (Å²) in [6.07, 6.45) is 4.06. The van der Waals surface area contributed by atoms with Gasteiger partial charge >= 0.3 is 0 Å². The maximum atomic E-state index is 11.5. The summed E-state index contributed by atoms with van der Waals surface area (Å²) in [7, 11) is 0. The predicted molar refractivity (Wildman–Crippen MR) is 67.4 cm³/mol. The molecule has 0 saturated heterocycles. The molecule has 0 N–H and O–H groups in total. The van der Waals surface area contributed by atoms with Gasteiger partial charge in [-0.25, -0.2) is 0 Å². The molecule has 0 saturated carbocycles. The summed E-state index contributed by atoms with van der Waals surface area (Å²) in [6.45, 7) is 4.44. The number of rotatable bonds is 4. The molecule has 0 bridgehead atoms. The lowest BCUT2D eigenvalue weighted by molar-refractivity contribution is 0.108. The highest BCUT2D eigenvalue weighted by Gasteiger charge is 2.04. The van der Waals surface area contributed by atoms with Crippen molar-refractivity contribution in [2.75, 3.05) is 6.26 Å². The van der Waals surface area contributed by atoms with Gasteiger partial charge in [-0.15, -0.1) is 0 Å². The molecule has 0 fully saturated rings. The number of hydrogen-bond acceptors (Lipinski definition) is 2. The highest BCUT2D eigenvalue weighted by atomic mass is 32.2. The molecule has 1 nitrogen and oxygen atoms in total. The van der Waals surface area contributed by atoms with Crippen LogP contribution in [0.4, 0.5) is 0 Å². The van der Waals surface area contributed by atoms with E-state index in [0.717, 1.165) is 12.0 Å². The van der Waals surface area contributed by atoms with Crippen LogP contribution >= 0.6 is 11.8 Å². The predicted octanol–water partition coefficient (Wildman–Crippen LogP) is 3.78. The van der Waals surface area contributed by atoms with Crippen LogP contribution in [0.1, 0.15) is 36.2 Å². The van der Waals surface area contributed by atoms with Crippen molar-refractivity contribution >= 4 is 16.9 Å². The normalized spacial score (nSPS) is 10.7. The van der Waals surface area contributed by atoms with Gasteiger partial charge in [-0.3, -0.25) is 4.79 Å². The zero-order valence-corrected chi connectivity index (χ0v) is 10.4. The summed E-state index contributed by atoms with van der Waals surface area (Å²) in [5.41, 5.74) is 2.09. The maximum absolute atomic E-state index is 11.5. The highest BCUT2D eigenvalue weighted by molar-refractivity contribution is 8.13. The van der Waals surface area contributed by atoms with Crippen LogP contribution in [0.25, 0.3) is 0 Å². The molecular formula is C13H18OS. The second kappa shape index (κ2) is 5.96. The third-order valence-corrected chi connectivity index (χ3v) is 2.96. The quantitative estimate of drug-likeness (QED) is 0.771. The van der Waals surface area contributed by atoms with Crippen molar-refractivity contribution in [1.29, 1.82) is 0 Å². The van der Waals surface area contributed by atoms with Crippen molar-refractivity contribution in [3.05, 3.63) is 35.4 Å². The minimum atomic E-state index is 0.154. The van der Waals surface area contributed by atoms with Gasteiger partial charge in [-0.05, 0) is 36.6 Å². The molecule has 0 spiro atoms. The van der Waals surface area contributed by atoms with E-state index >= 15 is 0 Å². The van der Waals surface area contributed by atoms with Crippen molar-refractivity contribution in [2.45, 2.75) is 26.7 Å². The molecule has 0 aliphatic heterocycles. The summed E-state index contributed by atoms with van der Waals surface area (Å²) in [5, 5.41) is 0.154. The van der Waals surface area contributed by atoms with Crippen LogP contribution in [0.5, 0.6) is 0 Å². The Morgan fingerprint density at radius 3 is 2.73 bits per heavy atom. The molecule has 15 heavy (non-hydrogen) atoms. The molecule has 0 aliphatic rings. The third kappa shape index (κ3) is 4.08. The van der Waals surface area contributed by atoms with Gasteiger partial charge in [0.15, 0.2) is 0 Å². The Kier molecular flexibility index (Phi) is 4.89. The Balaban J connectivity index is 2.70. The van der Waals surface area contributed by atoms with Gasteiger partial charge in [0.25, 0.3) is 0 Å². The van der Waals surface area contributed by atoms with Crippen molar-refractivity contribution in [1.82, 2.24) is 0 Å². The summed E-state index contributed by atoms with van der Waals surface area (Å²) in [4.78, 5) is 11.5. The van der Waals surface area contributed by atoms with Gasteiger partial charge in [-0.1, -0.05) is 43.8 Å². The van der Waals surface area contributed by atoms with Crippen LogP contribution in [-0.4, -0.2) is 11.4 Å². The standard InChI is InChI=1S/C13H18OS/c1-10(2)7-8-11-5-4-6-12(9-11)13(14)15-3/h4-6,9-10H,7-8H2,1-3H3. The van der Waals surface area contributed by atoms with Crippen LogP contribution in [0, 0.1) is 5.92 Å². The number of thioether (sulfide) groups is 1. The average molecular weight is 222 g/mol. The first-order valence-corrected chi connectivity index (χ1v) is 6.53. The molecule has 2 heteroatoms. The fourth-order valence-corrected chi connectivity index (χ4v) is 1.79. The summed E-state index contributed by atoms with van der Waals surface area (Å²) in [6, 6.07) is 7.97. The van der Waals surface area contributed by atoms with E-state index in [9.17, 15) is 4.79 Å². The molecule has 1 aromatic carbocycles. The van der Waals surface area contributed by atoms with E-state index < -0.39 is 0 Å². The number of aryl methyl sites for hydroxylation is 1. The molecule has 0 heterocycles. The van der Waals surface area contributed by atoms with E-state index in [1.807, 2.05) is 24.5 Å². The van der Waals surface area contributed by atoms with E-state index in [1.54, 1.807) is 0 Å². The molecule has 82 valence electrons. The number of carbonyl (C=O) groups is 1. The third-order valence-electron chi connectivity index (χ3n) is 2.36. The SMILES string of the molecule is CSC(=O)c1cccc(CCC(C)C)c1. The van der Waals surface area contributed by atoms with E-state index in [4.69, 9.17) is 0 Å². The number of carbonyl (C=O) groups excluding carboxylic acids is 1. The van der Waals surface area contributed by atoms with Crippen molar-refractivity contribution in [2.24, 2.45) is 5.92 Å². The van der Waals surface area contributed by atoms with Gasteiger partial charge in [0, 0.05) is 5.56 Å². The Hall–Kier alpha value is -0.760. The molecule has 0 atom stereocenters. The highest BCUT2D eigenvalue weighted by Crippen LogP contribution is 2.14. The molecule has 0 unspecified atom stereocenters. The lowest BCUT2D eigenvalue weighted by Gasteiger charge is -2.05. The van der Waals surface area contributed by atoms with Gasteiger partial charge in [-0.2, -0.15) is 0 Å². The van der Waals surface area contributed by atoms with Crippen LogP contribution in [0.15, 0.2) is 24.3 Å². The summed E-state index contributed by atoms with van der Waals surface area (Å²) >= 11 is 1.27. The molecule has 0 aliphatic carbocycles. The van der Waals surface area contributed by atoms with Gasteiger partial charge in [0.05, 0.1) is 0 Å². The van der Waals surface area contributed by atoms with E-state index in [1.165, 1.54) is 23.7 Å². The fourth-order valence-electron chi connectivity index (χ4n) is 1.43. The zero-order chi connectivity index (χ0) is 11.3. The Bertz CT molecular complexity index is 331. The monoisotopic (exact) mass is 222 g/mol. The fraction of sp³-hybridized carbons (Fsp3) is 0.462. The Labute approximate surface area is 96.3 Å². The number of hydrogen-bond donors (Lipinski definition) is 0.